The van der Waals surface area contributed by atoms with Crippen molar-refractivity contribution in [3.63, 3.8) is 0 Å². The van der Waals surface area contributed by atoms with Crippen molar-refractivity contribution in [1.82, 2.24) is 0 Å². The van der Waals surface area contributed by atoms with E-state index in [1.807, 2.05) is 0 Å². The molecule has 1 aliphatic rings. The maximum Gasteiger partial charge on any atom is 0.319 e. The molecule has 2 nitrogen and oxygen atoms in total. The van der Waals surface area contributed by atoms with E-state index >= 15 is 0 Å². The lowest BCUT2D eigenvalue weighted by molar-refractivity contribution is -0.149. The Hall–Kier alpha value is 0.200. The number of carbonyl (C=O) groups is 1. The average molecular weight is 310 g/mol. The molecule has 0 radical (unpaired) electrons. The number of ether oxygens (including phenoxy) is 1. The molecule has 82 valence electrons. The van der Waals surface area contributed by atoms with E-state index < -0.39 is 0 Å². The van der Waals surface area contributed by atoms with Gasteiger partial charge in [-0.2, -0.15) is 0 Å². The van der Waals surface area contributed by atoms with Gasteiger partial charge < -0.3 is 4.74 Å². The molecule has 14 heavy (non-hydrogen) atoms. The Bertz CT molecular complexity index is 176. The van der Waals surface area contributed by atoms with Crippen molar-refractivity contribution in [2.45, 2.75) is 61.9 Å². The van der Waals surface area contributed by atoms with Gasteiger partial charge in [-0.15, -0.1) is 0 Å². The Morgan fingerprint density at radius 1 is 1.43 bits per heavy atom. The zero-order valence-electron chi connectivity index (χ0n) is 8.80. The summed E-state index contributed by atoms with van der Waals surface area (Å²) in [6.07, 6.45) is 8.08. The first-order valence-corrected chi connectivity index (χ1v) is 6.83. The smallest absolute Gasteiger partial charge is 0.319 e. The van der Waals surface area contributed by atoms with Crippen LogP contribution in [-0.2, 0) is 9.53 Å². The Morgan fingerprint density at radius 3 is 2.64 bits per heavy atom. The normalized spacial score (nSPS) is 20.4. The number of hydrogen-bond donors (Lipinski definition) is 0. The zero-order chi connectivity index (χ0) is 10.4. The highest BCUT2D eigenvalue weighted by atomic mass is 127. The lowest BCUT2D eigenvalue weighted by Gasteiger charge is -2.22. The summed E-state index contributed by atoms with van der Waals surface area (Å²) in [6, 6.07) is 0. The van der Waals surface area contributed by atoms with E-state index in [9.17, 15) is 4.79 Å². The van der Waals surface area contributed by atoms with Gasteiger partial charge in [-0.25, -0.2) is 0 Å². The topological polar surface area (TPSA) is 26.3 Å². The predicted octanol–water partition coefficient (Wildman–Crippen LogP) is 3.47. The number of halogens is 1. The van der Waals surface area contributed by atoms with Crippen molar-refractivity contribution in [3.8, 4) is 0 Å². The number of rotatable bonds is 4. The maximum atomic E-state index is 11.6. The fourth-order valence-electron chi connectivity index (χ4n) is 1.79. The van der Waals surface area contributed by atoms with E-state index in [2.05, 4.69) is 29.5 Å². The van der Waals surface area contributed by atoms with E-state index in [0.717, 1.165) is 25.7 Å². The summed E-state index contributed by atoms with van der Waals surface area (Å²) < 4.78 is 5.51. The summed E-state index contributed by atoms with van der Waals surface area (Å²) >= 11 is 2.19. The minimum absolute atomic E-state index is 0.000602. The average Bonchev–Trinajstić information content (AvgIpc) is 2.19. The van der Waals surface area contributed by atoms with Gasteiger partial charge >= 0.3 is 5.97 Å². The van der Waals surface area contributed by atoms with E-state index in [1.165, 1.54) is 19.3 Å². The van der Waals surface area contributed by atoms with Gasteiger partial charge in [0.1, 0.15) is 10.0 Å². The Labute approximate surface area is 99.9 Å². The van der Waals surface area contributed by atoms with Crippen LogP contribution in [0.4, 0.5) is 0 Å². The monoisotopic (exact) mass is 310 g/mol. The third-order valence-electron chi connectivity index (χ3n) is 2.63. The molecular weight excluding hydrogens is 291 g/mol. The second kappa shape index (κ2) is 6.64. The molecule has 1 rings (SSSR count). The van der Waals surface area contributed by atoms with Gasteiger partial charge in [-0.1, -0.05) is 42.4 Å². The van der Waals surface area contributed by atoms with Gasteiger partial charge in [0.15, 0.2) is 0 Å². The molecule has 0 aromatic carbocycles. The van der Waals surface area contributed by atoms with Gasteiger partial charge in [-0.3, -0.25) is 4.79 Å². The highest BCUT2D eigenvalue weighted by Gasteiger charge is 2.21. The van der Waals surface area contributed by atoms with Gasteiger partial charge in [0.25, 0.3) is 0 Å². The van der Waals surface area contributed by atoms with Crippen LogP contribution < -0.4 is 0 Å². The first-order chi connectivity index (χ1) is 6.74. The van der Waals surface area contributed by atoms with Gasteiger partial charge in [0.2, 0.25) is 0 Å². The van der Waals surface area contributed by atoms with Crippen LogP contribution in [-0.4, -0.2) is 16.0 Å². The maximum absolute atomic E-state index is 11.6. The van der Waals surface area contributed by atoms with E-state index in [-0.39, 0.29) is 16.0 Å². The molecule has 0 aliphatic heterocycles. The number of alkyl halides is 1. The number of hydrogen-bond acceptors (Lipinski definition) is 2. The summed E-state index contributed by atoms with van der Waals surface area (Å²) in [4.78, 5) is 11.6. The molecule has 0 amide bonds. The van der Waals surface area contributed by atoms with Gasteiger partial charge in [0.05, 0.1) is 0 Å². The second-order valence-electron chi connectivity index (χ2n) is 3.95. The lowest BCUT2D eigenvalue weighted by atomic mass is 9.98. The van der Waals surface area contributed by atoms with Gasteiger partial charge in [-0.05, 0) is 32.1 Å². The minimum Gasteiger partial charge on any atom is -0.462 e. The Morgan fingerprint density at radius 2 is 2.07 bits per heavy atom. The van der Waals surface area contributed by atoms with Crippen molar-refractivity contribution < 1.29 is 9.53 Å². The SMILES string of the molecule is CCCC(I)C(=O)OC1CCCCC1. The second-order valence-corrected chi connectivity index (χ2v) is 5.46. The van der Waals surface area contributed by atoms with Crippen LogP contribution >= 0.6 is 22.6 Å². The molecule has 0 saturated heterocycles. The Kier molecular flexibility index (Phi) is 5.82. The first kappa shape index (κ1) is 12.3. The molecule has 0 aromatic heterocycles. The summed E-state index contributed by atoms with van der Waals surface area (Å²) in [6.45, 7) is 2.10. The number of esters is 1. The summed E-state index contributed by atoms with van der Waals surface area (Å²) in [5.74, 6) is -0.000602. The molecule has 0 heterocycles. The standard InChI is InChI=1S/C11H19IO2/c1-2-6-10(12)11(13)14-9-7-4-3-5-8-9/h9-10H,2-8H2,1H3. The molecular formula is C11H19IO2. The van der Waals surface area contributed by atoms with Crippen LogP contribution in [0.15, 0.2) is 0 Å². The molecule has 0 spiro atoms. The molecule has 1 fully saturated rings. The highest BCUT2D eigenvalue weighted by Crippen LogP contribution is 2.22. The molecule has 0 bridgehead atoms. The van der Waals surface area contributed by atoms with Crippen LogP contribution in [0.1, 0.15) is 51.9 Å². The van der Waals surface area contributed by atoms with Crippen molar-refractivity contribution in [1.29, 1.82) is 0 Å². The highest BCUT2D eigenvalue weighted by molar-refractivity contribution is 14.1. The van der Waals surface area contributed by atoms with Gasteiger partial charge in [0, 0.05) is 0 Å². The summed E-state index contributed by atoms with van der Waals surface area (Å²) in [7, 11) is 0. The minimum atomic E-state index is -0.000602. The van der Waals surface area contributed by atoms with E-state index in [0.29, 0.717) is 0 Å². The summed E-state index contributed by atoms with van der Waals surface area (Å²) in [5.41, 5.74) is 0. The quantitative estimate of drug-likeness (QED) is 0.451. The summed E-state index contributed by atoms with van der Waals surface area (Å²) in [5, 5.41) is 0. The van der Waals surface area contributed by atoms with E-state index in [1.54, 1.807) is 0 Å². The Balaban J connectivity index is 2.24. The predicted molar refractivity (Wildman–Crippen MR) is 65.7 cm³/mol. The molecule has 1 saturated carbocycles. The molecule has 1 aliphatic carbocycles. The van der Waals surface area contributed by atoms with Crippen LogP contribution in [0, 0.1) is 0 Å². The van der Waals surface area contributed by atoms with Crippen LogP contribution in [0.2, 0.25) is 0 Å². The molecule has 0 N–H and O–H groups in total. The lowest BCUT2D eigenvalue weighted by Crippen LogP contribution is -2.26. The first-order valence-electron chi connectivity index (χ1n) is 5.58. The zero-order valence-corrected chi connectivity index (χ0v) is 11.0. The third-order valence-corrected chi connectivity index (χ3v) is 3.76. The molecule has 3 heteroatoms. The largest absolute Gasteiger partial charge is 0.462 e. The van der Waals surface area contributed by atoms with E-state index in [4.69, 9.17) is 4.74 Å². The molecule has 1 atom stereocenters. The third kappa shape index (κ3) is 4.15. The fourth-order valence-corrected chi connectivity index (χ4v) is 2.56. The van der Waals surface area contributed by atoms with Crippen LogP contribution in [0.3, 0.4) is 0 Å². The van der Waals surface area contributed by atoms with Crippen molar-refractivity contribution in [3.05, 3.63) is 0 Å². The molecule has 0 aromatic rings. The van der Waals surface area contributed by atoms with Crippen molar-refractivity contribution in [2.75, 3.05) is 0 Å². The van der Waals surface area contributed by atoms with Crippen molar-refractivity contribution in [2.24, 2.45) is 0 Å². The van der Waals surface area contributed by atoms with Crippen LogP contribution in [0.25, 0.3) is 0 Å². The molecule has 1 unspecified atom stereocenters. The van der Waals surface area contributed by atoms with Crippen LogP contribution in [0.5, 0.6) is 0 Å². The fraction of sp³-hybridized carbons (Fsp3) is 0.909. The van der Waals surface area contributed by atoms with Crippen molar-refractivity contribution >= 4 is 28.6 Å². The number of carbonyl (C=O) groups excluding carboxylic acids is 1.